The van der Waals surface area contributed by atoms with Crippen LogP contribution in [0, 0.1) is 0 Å². The molecule has 1 rings (SSSR count). The molecule has 0 saturated heterocycles. The summed E-state index contributed by atoms with van der Waals surface area (Å²) in [6.45, 7) is 11.1. The SMILES string of the molecule is CCCN(Cc1cccn1C)C[C@H](O)COC(C)(C)C. The van der Waals surface area contributed by atoms with Crippen molar-refractivity contribution < 1.29 is 9.84 Å². The zero-order chi connectivity index (χ0) is 15.2. The van der Waals surface area contributed by atoms with Crippen molar-refractivity contribution in [3.63, 3.8) is 0 Å². The molecule has 1 atom stereocenters. The Balaban J connectivity index is 2.48. The third kappa shape index (κ3) is 6.55. The molecule has 4 heteroatoms. The molecule has 0 fully saturated rings. The van der Waals surface area contributed by atoms with Crippen molar-refractivity contribution >= 4 is 0 Å². The second-order valence-corrected chi connectivity index (χ2v) is 6.42. The Bertz CT molecular complexity index is 382. The van der Waals surface area contributed by atoms with Gasteiger partial charge in [-0.1, -0.05) is 6.92 Å². The smallest absolute Gasteiger partial charge is 0.0900 e. The van der Waals surface area contributed by atoms with E-state index in [1.165, 1.54) is 5.69 Å². The van der Waals surface area contributed by atoms with Gasteiger partial charge in [0.1, 0.15) is 0 Å². The van der Waals surface area contributed by atoms with Gasteiger partial charge in [-0.15, -0.1) is 0 Å². The maximum Gasteiger partial charge on any atom is 0.0900 e. The van der Waals surface area contributed by atoms with Gasteiger partial charge in [-0.3, -0.25) is 4.90 Å². The molecular formula is C16H30N2O2. The average Bonchev–Trinajstić information content (AvgIpc) is 2.72. The van der Waals surface area contributed by atoms with E-state index in [0.29, 0.717) is 13.2 Å². The monoisotopic (exact) mass is 282 g/mol. The lowest BCUT2D eigenvalue weighted by Gasteiger charge is -2.27. The van der Waals surface area contributed by atoms with E-state index in [-0.39, 0.29) is 5.60 Å². The minimum Gasteiger partial charge on any atom is -0.389 e. The number of aliphatic hydroxyl groups is 1. The third-order valence-corrected chi connectivity index (χ3v) is 3.15. The van der Waals surface area contributed by atoms with E-state index in [1.54, 1.807) is 0 Å². The highest BCUT2D eigenvalue weighted by molar-refractivity contribution is 5.06. The van der Waals surface area contributed by atoms with Gasteiger partial charge < -0.3 is 14.4 Å². The second kappa shape index (κ2) is 7.81. The summed E-state index contributed by atoms with van der Waals surface area (Å²) >= 11 is 0. The Morgan fingerprint density at radius 2 is 2.10 bits per heavy atom. The summed E-state index contributed by atoms with van der Waals surface area (Å²) in [6.07, 6.45) is 2.69. The summed E-state index contributed by atoms with van der Waals surface area (Å²) in [5, 5.41) is 10.1. The van der Waals surface area contributed by atoms with E-state index < -0.39 is 6.10 Å². The Labute approximate surface area is 123 Å². The van der Waals surface area contributed by atoms with E-state index in [9.17, 15) is 5.11 Å². The molecule has 0 aliphatic rings. The molecule has 0 aliphatic carbocycles. The van der Waals surface area contributed by atoms with Crippen LogP contribution < -0.4 is 0 Å². The topological polar surface area (TPSA) is 37.6 Å². The molecule has 1 N–H and O–H groups in total. The van der Waals surface area contributed by atoms with Crippen molar-refractivity contribution in [2.24, 2.45) is 7.05 Å². The van der Waals surface area contributed by atoms with Crippen LogP contribution in [-0.4, -0.2) is 46.0 Å². The first kappa shape index (κ1) is 17.2. The normalized spacial score (nSPS) is 13.9. The van der Waals surface area contributed by atoms with Gasteiger partial charge in [0, 0.05) is 32.0 Å². The average molecular weight is 282 g/mol. The maximum atomic E-state index is 10.1. The number of hydrogen-bond acceptors (Lipinski definition) is 3. The summed E-state index contributed by atoms with van der Waals surface area (Å²) in [5.41, 5.74) is 1.07. The highest BCUT2D eigenvalue weighted by atomic mass is 16.5. The first-order chi connectivity index (χ1) is 9.31. The molecule has 1 aromatic rings. The molecule has 1 heterocycles. The molecule has 20 heavy (non-hydrogen) atoms. The highest BCUT2D eigenvalue weighted by Gasteiger charge is 2.16. The summed E-state index contributed by atoms with van der Waals surface area (Å²) in [6, 6.07) is 4.18. The van der Waals surface area contributed by atoms with Crippen LogP contribution in [0.1, 0.15) is 39.8 Å². The molecule has 0 saturated carbocycles. The Morgan fingerprint density at radius 1 is 1.40 bits per heavy atom. The molecule has 0 amide bonds. The second-order valence-electron chi connectivity index (χ2n) is 6.42. The van der Waals surface area contributed by atoms with Crippen molar-refractivity contribution in [2.45, 2.75) is 52.4 Å². The first-order valence-electron chi connectivity index (χ1n) is 7.46. The fourth-order valence-corrected chi connectivity index (χ4v) is 2.14. The zero-order valence-corrected chi connectivity index (χ0v) is 13.6. The third-order valence-electron chi connectivity index (χ3n) is 3.15. The molecule has 0 unspecified atom stereocenters. The Morgan fingerprint density at radius 3 is 2.60 bits per heavy atom. The minimum absolute atomic E-state index is 0.200. The minimum atomic E-state index is -0.443. The predicted molar refractivity (Wildman–Crippen MR) is 82.7 cm³/mol. The summed E-state index contributed by atoms with van der Waals surface area (Å²) in [5.74, 6) is 0. The molecule has 0 aromatic carbocycles. The standard InChI is InChI=1S/C16H30N2O2/c1-6-9-18(11-14-8-7-10-17(14)5)12-15(19)13-20-16(2,3)4/h7-8,10,15,19H,6,9,11-13H2,1-5H3/t15-/m0/s1. The van der Waals surface area contributed by atoms with Gasteiger partial charge in [0.2, 0.25) is 0 Å². The van der Waals surface area contributed by atoms with Gasteiger partial charge in [-0.05, 0) is 45.9 Å². The van der Waals surface area contributed by atoms with Crippen molar-refractivity contribution in [1.82, 2.24) is 9.47 Å². The number of nitrogens with zero attached hydrogens (tertiary/aromatic N) is 2. The highest BCUT2D eigenvalue weighted by Crippen LogP contribution is 2.10. The Kier molecular flexibility index (Phi) is 6.72. The zero-order valence-electron chi connectivity index (χ0n) is 13.6. The molecule has 0 bridgehead atoms. The number of aliphatic hydroxyl groups excluding tert-OH is 1. The Hall–Kier alpha value is -0.840. The van der Waals surface area contributed by atoms with Crippen molar-refractivity contribution in [1.29, 1.82) is 0 Å². The van der Waals surface area contributed by atoms with E-state index >= 15 is 0 Å². The van der Waals surface area contributed by atoms with Crippen LogP contribution in [0.25, 0.3) is 0 Å². The van der Waals surface area contributed by atoms with Gasteiger partial charge in [0.05, 0.1) is 18.3 Å². The van der Waals surface area contributed by atoms with Crippen LogP contribution >= 0.6 is 0 Å². The van der Waals surface area contributed by atoms with Crippen LogP contribution in [0.15, 0.2) is 18.3 Å². The number of rotatable bonds is 8. The van der Waals surface area contributed by atoms with Crippen molar-refractivity contribution in [3.8, 4) is 0 Å². The molecule has 0 aliphatic heterocycles. The molecule has 0 spiro atoms. The van der Waals surface area contributed by atoms with Crippen LogP contribution in [-0.2, 0) is 18.3 Å². The van der Waals surface area contributed by atoms with Crippen LogP contribution in [0.2, 0.25) is 0 Å². The van der Waals surface area contributed by atoms with Gasteiger partial charge in [-0.2, -0.15) is 0 Å². The van der Waals surface area contributed by atoms with Crippen LogP contribution in [0.5, 0.6) is 0 Å². The van der Waals surface area contributed by atoms with E-state index in [2.05, 4.69) is 41.8 Å². The van der Waals surface area contributed by atoms with Crippen molar-refractivity contribution in [3.05, 3.63) is 24.0 Å². The summed E-state index contributed by atoms with van der Waals surface area (Å²) < 4.78 is 7.77. The van der Waals surface area contributed by atoms with Crippen molar-refractivity contribution in [2.75, 3.05) is 19.7 Å². The lowest BCUT2D eigenvalue weighted by Crippen LogP contribution is -2.37. The number of aromatic nitrogens is 1. The number of hydrogen-bond donors (Lipinski definition) is 1. The van der Waals surface area contributed by atoms with Gasteiger partial charge in [-0.25, -0.2) is 0 Å². The van der Waals surface area contributed by atoms with Crippen LogP contribution in [0.4, 0.5) is 0 Å². The molecule has 1 aromatic heterocycles. The summed E-state index contributed by atoms with van der Waals surface area (Å²) in [4.78, 5) is 2.28. The van der Waals surface area contributed by atoms with Gasteiger partial charge in [0.15, 0.2) is 0 Å². The predicted octanol–water partition coefficient (Wildman–Crippen LogP) is 2.41. The lowest BCUT2D eigenvalue weighted by atomic mass is 10.2. The number of ether oxygens (including phenoxy) is 1. The fourth-order valence-electron chi connectivity index (χ4n) is 2.14. The van der Waals surface area contributed by atoms with Gasteiger partial charge in [0.25, 0.3) is 0 Å². The van der Waals surface area contributed by atoms with Gasteiger partial charge >= 0.3 is 0 Å². The van der Waals surface area contributed by atoms with E-state index in [0.717, 1.165) is 19.5 Å². The molecule has 0 radical (unpaired) electrons. The lowest BCUT2D eigenvalue weighted by molar-refractivity contribution is -0.0567. The van der Waals surface area contributed by atoms with Crippen LogP contribution in [0.3, 0.4) is 0 Å². The fraction of sp³-hybridized carbons (Fsp3) is 0.750. The first-order valence-corrected chi connectivity index (χ1v) is 7.46. The largest absolute Gasteiger partial charge is 0.389 e. The number of aryl methyl sites for hydroxylation is 1. The van der Waals surface area contributed by atoms with E-state index in [1.807, 2.05) is 20.8 Å². The molecule has 4 nitrogen and oxygen atoms in total. The van der Waals surface area contributed by atoms with E-state index in [4.69, 9.17) is 4.74 Å². The molecule has 116 valence electrons. The quantitative estimate of drug-likeness (QED) is 0.795. The molecular weight excluding hydrogens is 252 g/mol. The maximum absolute atomic E-state index is 10.1. The summed E-state index contributed by atoms with van der Waals surface area (Å²) in [7, 11) is 2.05.